The second-order valence-electron chi connectivity index (χ2n) is 4.75. The molecule has 1 aliphatic heterocycles. The summed E-state index contributed by atoms with van der Waals surface area (Å²) < 4.78 is 25.9. The second kappa shape index (κ2) is 3.52. The van der Waals surface area contributed by atoms with E-state index in [0.29, 0.717) is 5.92 Å². The molecule has 1 saturated heterocycles. The molecule has 0 saturated carbocycles. The first kappa shape index (κ1) is 10.9. The predicted molar refractivity (Wildman–Crippen MR) is 50.3 cm³/mol. The topological polar surface area (TPSA) is 3.24 Å². The summed E-state index contributed by atoms with van der Waals surface area (Å²) in [5.74, 6) is 0.407. The van der Waals surface area contributed by atoms with Gasteiger partial charge >= 0.3 is 0 Å². The van der Waals surface area contributed by atoms with Gasteiger partial charge in [0.15, 0.2) is 0 Å². The van der Waals surface area contributed by atoms with E-state index in [0.717, 1.165) is 0 Å². The lowest BCUT2D eigenvalue weighted by atomic mass is 9.89. The lowest BCUT2D eigenvalue weighted by Crippen LogP contribution is -2.46. The van der Waals surface area contributed by atoms with Crippen molar-refractivity contribution in [3.05, 3.63) is 0 Å². The lowest BCUT2D eigenvalue weighted by Gasteiger charge is -2.38. The number of hydrogen-bond donors (Lipinski definition) is 0. The molecule has 0 aromatic heterocycles. The molecule has 3 heteroatoms. The molecule has 2 unspecified atom stereocenters. The fraction of sp³-hybridized carbons (Fsp3) is 1.00. The van der Waals surface area contributed by atoms with Crippen LogP contribution in [-0.2, 0) is 0 Å². The Morgan fingerprint density at radius 3 is 1.85 bits per heavy atom. The molecule has 0 aromatic carbocycles. The third-order valence-corrected chi connectivity index (χ3v) is 3.41. The predicted octanol–water partition coefficient (Wildman–Crippen LogP) is 2.41. The summed E-state index contributed by atoms with van der Waals surface area (Å²) in [7, 11) is 0. The van der Waals surface area contributed by atoms with Gasteiger partial charge in [-0.25, -0.2) is 8.78 Å². The van der Waals surface area contributed by atoms with E-state index in [9.17, 15) is 8.78 Å². The normalized spacial score (nSPS) is 31.6. The van der Waals surface area contributed by atoms with Crippen molar-refractivity contribution in [2.24, 2.45) is 5.92 Å². The van der Waals surface area contributed by atoms with Crippen LogP contribution in [0.2, 0.25) is 0 Å². The van der Waals surface area contributed by atoms with E-state index >= 15 is 0 Å². The quantitative estimate of drug-likeness (QED) is 0.648. The van der Waals surface area contributed by atoms with Crippen molar-refractivity contribution in [1.82, 2.24) is 4.90 Å². The van der Waals surface area contributed by atoms with Crippen LogP contribution in [0, 0.1) is 5.92 Å². The van der Waals surface area contributed by atoms with Gasteiger partial charge in [-0.2, -0.15) is 0 Å². The van der Waals surface area contributed by atoms with Gasteiger partial charge in [-0.1, -0.05) is 13.8 Å². The van der Waals surface area contributed by atoms with Gasteiger partial charge in [0.25, 0.3) is 0 Å². The molecule has 13 heavy (non-hydrogen) atoms. The Hall–Kier alpha value is -0.180. The molecule has 0 amide bonds. The van der Waals surface area contributed by atoms with E-state index in [2.05, 4.69) is 13.8 Å². The average Bonchev–Trinajstić information content (AvgIpc) is 2.32. The summed E-state index contributed by atoms with van der Waals surface area (Å²) in [5, 5.41) is 0. The maximum absolute atomic E-state index is 12.9. The van der Waals surface area contributed by atoms with Gasteiger partial charge in [-0.05, 0) is 19.8 Å². The largest absolute Gasteiger partial charge is 0.292 e. The minimum atomic E-state index is -1.29. The molecule has 1 heterocycles. The van der Waals surface area contributed by atoms with Gasteiger partial charge in [-0.15, -0.1) is 0 Å². The fourth-order valence-electron chi connectivity index (χ4n) is 1.56. The Morgan fingerprint density at radius 2 is 1.54 bits per heavy atom. The molecule has 0 aliphatic carbocycles. The van der Waals surface area contributed by atoms with Crippen LogP contribution in [-0.4, -0.2) is 35.9 Å². The van der Waals surface area contributed by atoms with Crippen molar-refractivity contribution in [1.29, 1.82) is 0 Å². The monoisotopic (exact) mass is 191 g/mol. The zero-order chi connectivity index (χ0) is 10.2. The first-order valence-electron chi connectivity index (χ1n) is 4.89. The molecule has 0 N–H and O–H groups in total. The van der Waals surface area contributed by atoms with Crippen molar-refractivity contribution in [3.8, 4) is 0 Å². The van der Waals surface area contributed by atoms with Crippen LogP contribution in [0.5, 0.6) is 0 Å². The van der Waals surface area contributed by atoms with Crippen LogP contribution in [0.4, 0.5) is 8.78 Å². The van der Waals surface area contributed by atoms with Crippen LogP contribution < -0.4 is 0 Å². The van der Waals surface area contributed by atoms with Crippen LogP contribution in [0.3, 0.4) is 0 Å². The molecule has 0 spiro atoms. The zero-order valence-corrected chi connectivity index (χ0v) is 8.85. The fourth-order valence-corrected chi connectivity index (χ4v) is 1.56. The Balaban J connectivity index is 2.64. The minimum Gasteiger partial charge on any atom is -0.292 e. The lowest BCUT2D eigenvalue weighted by molar-refractivity contribution is 0.0933. The van der Waals surface area contributed by atoms with E-state index in [1.54, 1.807) is 0 Å². The van der Waals surface area contributed by atoms with E-state index in [-0.39, 0.29) is 18.6 Å². The second-order valence-corrected chi connectivity index (χ2v) is 4.75. The number of halogens is 2. The SMILES string of the molecule is CC(C)C(C)(C)N1CC(F)C(F)C1. The summed E-state index contributed by atoms with van der Waals surface area (Å²) in [6, 6.07) is 0. The standard InChI is InChI=1S/C10H19F2N/c1-7(2)10(3,4)13-5-8(11)9(12)6-13/h7-9H,5-6H2,1-4H3. The van der Waals surface area contributed by atoms with Crippen LogP contribution in [0.1, 0.15) is 27.7 Å². The van der Waals surface area contributed by atoms with Crippen LogP contribution >= 0.6 is 0 Å². The van der Waals surface area contributed by atoms with Crippen molar-refractivity contribution >= 4 is 0 Å². The van der Waals surface area contributed by atoms with Gasteiger partial charge in [0.1, 0.15) is 12.3 Å². The highest BCUT2D eigenvalue weighted by molar-refractivity contribution is 4.94. The first-order chi connectivity index (χ1) is 5.85. The third-order valence-electron chi connectivity index (χ3n) is 3.41. The molecular weight excluding hydrogens is 172 g/mol. The Kier molecular flexibility index (Phi) is 2.95. The summed E-state index contributed by atoms with van der Waals surface area (Å²) in [6.45, 7) is 8.74. The van der Waals surface area contributed by atoms with Gasteiger partial charge in [0.05, 0.1) is 0 Å². The molecular formula is C10H19F2N. The van der Waals surface area contributed by atoms with Crippen molar-refractivity contribution in [3.63, 3.8) is 0 Å². The number of likely N-dealkylation sites (tertiary alicyclic amines) is 1. The van der Waals surface area contributed by atoms with Gasteiger partial charge < -0.3 is 0 Å². The van der Waals surface area contributed by atoms with Crippen molar-refractivity contribution in [2.45, 2.75) is 45.6 Å². The van der Waals surface area contributed by atoms with E-state index in [1.165, 1.54) is 0 Å². The Morgan fingerprint density at radius 1 is 1.15 bits per heavy atom. The molecule has 2 atom stereocenters. The van der Waals surface area contributed by atoms with E-state index < -0.39 is 12.3 Å². The smallest absolute Gasteiger partial charge is 0.145 e. The summed E-state index contributed by atoms with van der Waals surface area (Å²) in [6.07, 6.45) is -2.59. The highest BCUT2D eigenvalue weighted by Gasteiger charge is 2.41. The van der Waals surface area contributed by atoms with Crippen molar-refractivity contribution < 1.29 is 8.78 Å². The average molecular weight is 191 g/mol. The van der Waals surface area contributed by atoms with E-state index in [4.69, 9.17) is 0 Å². The third kappa shape index (κ3) is 2.01. The number of hydrogen-bond acceptors (Lipinski definition) is 1. The summed E-state index contributed by atoms with van der Waals surface area (Å²) >= 11 is 0. The van der Waals surface area contributed by atoms with Gasteiger partial charge in [0.2, 0.25) is 0 Å². The molecule has 1 rings (SSSR count). The maximum atomic E-state index is 12.9. The molecule has 0 bridgehead atoms. The molecule has 0 aromatic rings. The number of alkyl halides is 2. The molecule has 0 radical (unpaired) electrons. The number of nitrogens with zero attached hydrogens (tertiary/aromatic N) is 1. The maximum Gasteiger partial charge on any atom is 0.145 e. The highest BCUT2D eigenvalue weighted by atomic mass is 19.2. The van der Waals surface area contributed by atoms with Crippen LogP contribution in [0.15, 0.2) is 0 Å². The highest BCUT2D eigenvalue weighted by Crippen LogP contribution is 2.29. The number of rotatable bonds is 2. The molecule has 78 valence electrons. The summed E-state index contributed by atoms with van der Waals surface area (Å²) in [5.41, 5.74) is -0.106. The molecule has 1 aliphatic rings. The summed E-state index contributed by atoms with van der Waals surface area (Å²) in [4.78, 5) is 1.91. The van der Waals surface area contributed by atoms with Crippen molar-refractivity contribution in [2.75, 3.05) is 13.1 Å². The zero-order valence-electron chi connectivity index (χ0n) is 8.85. The Labute approximate surface area is 79.1 Å². The minimum absolute atomic E-state index is 0.106. The molecule has 1 fully saturated rings. The van der Waals surface area contributed by atoms with Gasteiger partial charge in [-0.3, -0.25) is 4.90 Å². The molecule has 1 nitrogen and oxygen atoms in total. The van der Waals surface area contributed by atoms with Gasteiger partial charge in [0, 0.05) is 18.6 Å². The first-order valence-corrected chi connectivity index (χ1v) is 4.89. The van der Waals surface area contributed by atoms with Crippen LogP contribution in [0.25, 0.3) is 0 Å². The Bertz CT molecular complexity index is 170. The van der Waals surface area contributed by atoms with E-state index in [1.807, 2.05) is 18.7 Å².